The molecule has 2 N–H and O–H groups in total. The van der Waals surface area contributed by atoms with Crippen LogP contribution < -0.4 is 15.4 Å². The van der Waals surface area contributed by atoms with E-state index < -0.39 is 35.2 Å². The van der Waals surface area contributed by atoms with Gasteiger partial charge in [-0.25, -0.2) is 9.69 Å². The largest absolute Gasteiger partial charge is 0.495 e. The molecule has 1 atom stereocenters. The third-order valence-corrected chi connectivity index (χ3v) is 3.90. The second kappa shape index (κ2) is 6.54. The molecule has 0 saturated carbocycles. The number of benzene rings is 1. The van der Waals surface area contributed by atoms with Crippen LogP contribution in [0.4, 0.5) is 10.5 Å². The number of hydrogen-bond donors (Lipinski definition) is 2. The van der Waals surface area contributed by atoms with E-state index in [0.717, 1.165) is 12.5 Å². The number of ether oxygens (including phenoxy) is 1. The number of nitrogens with zero attached hydrogens (tertiary/aromatic N) is 1. The van der Waals surface area contributed by atoms with E-state index in [0.29, 0.717) is 16.3 Å². The maximum Gasteiger partial charge on any atom is 0.326 e. The fourth-order valence-electron chi connectivity index (χ4n) is 2.61. The number of hydrogen-bond acceptors (Lipinski definition) is 5. The second-order valence-electron chi connectivity index (χ2n) is 6.44. The number of methoxy groups -OCH3 is 1. The zero-order chi connectivity index (χ0) is 18.9. The summed E-state index contributed by atoms with van der Waals surface area (Å²) in [4.78, 5) is 49.9. The average Bonchev–Trinajstić information content (AvgIpc) is 2.69. The number of rotatable bonds is 5. The minimum atomic E-state index is -1.56. The molecule has 1 aliphatic heterocycles. The van der Waals surface area contributed by atoms with Gasteiger partial charge in [-0.3, -0.25) is 14.4 Å². The van der Waals surface area contributed by atoms with Crippen molar-refractivity contribution < 1.29 is 23.9 Å². The summed E-state index contributed by atoms with van der Waals surface area (Å²) in [6, 6.07) is 2.81. The van der Waals surface area contributed by atoms with Gasteiger partial charge in [0.15, 0.2) is 11.8 Å². The Morgan fingerprint density at radius 3 is 2.40 bits per heavy atom. The molecule has 1 heterocycles. The van der Waals surface area contributed by atoms with E-state index in [1.165, 1.54) is 21.0 Å². The third kappa shape index (κ3) is 3.47. The maximum absolute atomic E-state index is 12.7. The monoisotopic (exact) mass is 347 g/mol. The average molecular weight is 347 g/mol. The Balaban J connectivity index is 2.34. The van der Waals surface area contributed by atoms with Crippen LogP contribution in [0.15, 0.2) is 18.2 Å². The minimum Gasteiger partial charge on any atom is -0.495 e. The van der Waals surface area contributed by atoms with Crippen molar-refractivity contribution in [2.45, 2.75) is 39.3 Å². The molecule has 0 spiro atoms. The number of imide groups is 1. The number of amides is 4. The van der Waals surface area contributed by atoms with Gasteiger partial charge in [-0.2, -0.15) is 0 Å². The second-order valence-corrected chi connectivity index (χ2v) is 6.44. The Hall–Kier alpha value is -2.90. The van der Waals surface area contributed by atoms with Gasteiger partial charge in [-0.1, -0.05) is 6.07 Å². The molecule has 1 aromatic rings. The van der Waals surface area contributed by atoms with Gasteiger partial charge < -0.3 is 15.4 Å². The first-order valence-corrected chi connectivity index (χ1v) is 7.70. The van der Waals surface area contributed by atoms with E-state index in [4.69, 9.17) is 4.74 Å². The van der Waals surface area contributed by atoms with E-state index in [1.807, 2.05) is 6.92 Å². The fraction of sp³-hybridized carbons (Fsp3) is 0.412. The third-order valence-electron chi connectivity index (χ3n) is 3.90. The van der Waals surface area contributed by atoms with Crippen molar-refractivity contribution >= 4 is 29.3 Å². The van der Waals surface area contributed by atoms with Crippen molar-refractivity contribution in [2.24, 2.45) is 0 Å². The lowest BCUT2D eigenvalue weighted by atomic mass is 10.0. The summed E-state index contributed by atoms with van der Waals surface area (Å²) in [5, 5.41) is 5.03. The summed E-state index contributed by atoms with van der Waals surface area (Å²) in [6.45, 7) is 6.00. The molecule has 1 saturated heterocycles. The maximum atomic E-state index is 12.7. The molecule has 134 valence electrons. The first kappa shape index (κ1) is 18.4. The number of carbonyl (C=O) groups is 4. The summed E-state index contributed by atoms with van der Waals surface area (Å²) in [7, 11) is 1.45. The molecular weight excluding hydrogens is 326 g/mol. The Labute approximate surface area is 145 Å². The van der Waals surface area contributed by atoms with Gasteiger partial charge in [-0.05, 0) is 45.4 Å². The molecule has 4 amide bonds. The lowest BCUT2D eigenvalue weighted by Crippen LogP contribution is -2.52. The van der Waals surface area contributed by atoms with Gasteiger partial charge in [0.05, 0.1) is 12.8 Å². The molecule has 0 aliphatic carbocycles. The quantitative estimate of drug-likeness (QED) is 0.616. The first-order chi connectivity index (χ1) is 11.6. The molecule has 2 rings (SSSR count). The van der Waals surface area contributed by atoms with Crippen LogP contribution in [0.5, 0.6) is 5.75 Å². The van der Waals surface area contributed by atoms with E-state index in [1.54, 1.807) is 18.2 Å². The Bertz CT molecular complexity index is 757. The highest BCUT2D eigenvalue weighted by atomic mass is 16.5. The van der Waals surface area contributed by atoms with Crippen LogP contribution in [0.1, 0.15) is 26.3 Å². The molecular formula is C17H21N3O5. The van der Waals surface area contributed by atoms with Crippen molar-refractivity contribution in [2.75, 3.05) is 12.4 Å². The summed E-state index contributed by atoms with van der Waals surface area (Å²) in [6.07, 6.45) is 0. The first-order valence-electron chi connectivity index (χ1n) is 7.70. The number of urea groups is 1. The number of aryl methyl sites for hydroxylation is 1. The van der Waals surface area contributed by atoms with Crippen LogP contribution in [0.3, 0.4) is 0 Å². The van der Waals surface area contributed by atoms with Crippen molar-refractivity contribution in [3.05, 3.63) is 23.8 Å². The van der Waals surface area contributed by atoms with E-state index in [2.05, 4.69) is 10.6 Å². The highest BCUT2D eigenvalue weighted by molar-refractivity contribution is 6.18. The van der Waals surface area contributed by atoms with Crippen LogP contribution in [-0.2, 0) is 14.4 Å². The molecule has 8 nitrogen and oxygen atoms in total. The summed E-state index contributed by atoms with van der Waals surface area (Å²) < 4.78 is 5.18. The van der Waals surface area contributed by atoms with Gasteiger partial charge in [0.1, 0.15) is 11.3 Å². The summed E-state index contributed by atoms with van der Waals surface area (Å²) in [5.74, 6) is -1.63. The Morgan fingerprint density at radius 1 is 1.28 bits per heavy atom. The lowest BCUT2D eigenvalue weighted by Gasteiger charge is -2.23. The van der Waals surface area contributed by atoms with Gasteiger partial charge >= 0.3 is 6.03 Å². The highest BCUT2D eigenvalue weighted by Crippen LogP contribution is 2.26. The molecule has 0 bridgehead atoms. The molecule has 1 aliphatic rings. The van der Waals surface area contributed by atoms with Crippen molar-refractivity contribution in [1.29, 1.82) is 0 Å². The molecule has 25 heavy (non-hydrogen) atoms. The van der Waals surface area contributed by atoms with Crippen molar-refractivity contribution in [1.82, 2.24) is 10.2 Å². The number of carbonyl (C=O) groups excluding carboxylic acids is 4. The predicted octanol–water partition coefficient (Wildman–Crippen LogP) is 1.23. The minimum absolute atomic E-state index is 0.352. The van der Waals surface area contributed by atoms with Crippen LogP contribution >= 0.6 is 0 Å². The normalized spacial score (nSPS) is 17.1. The van der Waals surface area contributed by atoms with E-state index in [9.17, 15) is 19.2 Å². The molecule has 1 aromatic carbocycles. The smallest absolute Gasteiger partial charge is 0.326 e. The summed E-state index contributed by atoms with van der Waals surface area (Å²) in [5.41, 5.74) is 0.0446. The summed E-state index contributed by atoms with van der Waals surface area (Å²) >= 11 is 0. The lowest BCUT2D eigenvalue weighted by molar-refractivity contribution is -0.141. The zero-order valence-electron chi connectivity index (χ0n) is 14.8. The van der Waals surface area contributed by atoms with Crippen LogP contribution in [0.2, 0.25) is 0 Å². The van der Waals surface area contributed by atoms with Crippen LogP contribution in [0, 0.1) is 6.92 Å². The van der Waals surface area contributed by atoms with Crippen molar-refractivity contribution in [3.8, 4) is 5.75 Å². The highest BCUT2D eigenvalue weighted by Gasteiger charge is 2.50. The van der Waals surface area contributed by atoms with Crippen LogP contribution in [-0.4, -0.2) is 47.2 Å². The topological polar surface area (TPSA) is 105 Å². The molecule has 0 radical (unpaired) electrons. The number of anilines is 1. The number of Topliss-reactive ketones (excluding diaryl/α,β-unsaturated/α-hetero) is 1. The standard InChI is InChI=1S/C17H21N3O5/c1-9-6-7-12(25-5)11(8-9)18-14(22)13(10(2)21)20-15(23)17(3,4)19-16(20)24/h6-8,13H,1-5H3,(H,18,22)(H,19,24). The molecule has 1 unspecified atom stereocenters. The van der Waals surface area contributed by atoms with Gasteiger partial charge in [0.25, 0.3) is 11.8 Å². The van der Waals surface area contributed by atoms with E-state index in [-0.39, 0.29) is 0 Å². The van der Waals surface area contributed by atoms with Gasteiger partial charge in [0.2, 0.25) is 0 Å². The van der Waals surface area contributed by atoms with Gasteiger partial charge in [0, 0.05) is 0 Å². The molecule has 1 fully saturated rings. The predicted molar refractivity (Wildman–Crippen MR) is 90.3 cm³/mol. The SMILES string of the molecule is COc1ccc(C)cc1NC(=O)C(C(C)=O)N1C(=O)NC(C)(C)C1=O. The molecule has 0 aromatic heterocycles. The van der Waals surface area contributed by atoms with Crippen molar-refractivity contribution in [3.63, 3.8) is 0 Å². The molecule has 8 heteroatoms. The fourth-order valence-corrected chi connectivity index (χ4v) is 2.61. The Kier molecular flexibility index (Phi) is 4.82. The zero-order valence-corrected chi connectivity index (χ0v) is 14.8. The van der Waals surface area contributed by atoms with Crippen LogP contribution in [0.25, 0.3) is 0 Å². The van der Waals surface area contributed by atoms with Gasteiger partial charge in [-0.15, -0.1) is 0 Å². The van der Waals surface area contributed by atoms with E-state index >= 15 is 0 Å². The Morgan fingerprint density at radius 2 is 1.92 bits per heavy atom. The number of nitrogens with one attached hydrogen (secondary N) is 2. The number of ketones is 1.